The van der Waals surface area contributed by atoms with Crippen LogP contribution in [0.15, 0.2) is 42.5 Å². The van der Waals surface area contributed by atoms with Crippen LogP contribution in [-0.2, 0) is 6.54 Å². The largest absolute Gasteiger partial charge is 0.496 e. The van der Waals surface area contributed by atoms with E-state index in [0.29, 0.717) is 17.7 Å². The van der Waals surface area contributed by atoms with E-state index in [4.69, 9.17) is 10.00 Å². The molecule has 2 rings (SSSR count). The van der Waals surface area contributed by atoms with Crippen LogP contribution in [0.1, 0.15) is 27.0 Å². The van der Waals surface area contributed by atoms with Crippen LogP contribution >= 0.6 is 0 Å². The van der Waals surface area contributed by atoms with Gasteiger partial charge in [0.05, 0.1) is 18.7 Å². The molecule has 2 aromatic rings. The number of hydrogen-bond acceptors (Lipinski definition) is 3. The quantitative estimate of drug-likeness (QED) is 0.870. The van der Waals surface area contributed by atoms with Gasteiger partial charge in [-0.2, -0.15) is 5.26 Å². The van der Waals surface area contributed by atoms with E-state index >= 15 is 0 Å². The van der Waals surface area contributed by atoms with Crippen LogP contribution in [0.5, 0.6) is 5.75 Å². The molecule has 22 heavy (non-hydrogen) atoms. The van der Waals surface area contributed by atoms with Crippen molar-refractivity contribution in [3.05, 3.63) is 64.7 Å². The van der Waals surface area contributed by atoms with Gasteiger partial charge in [-0.05, 0) is 37.3 Å². The fraction of sp³-hybridized carbons (Fsp3) is 0.222. The van der Waals surface area contributed by atoms with Gasteiger partial charge in [0.25, 0.3) is 5.91 Å². The minimum absolute atomic E-state index is 0.0898. The third kappa shape index (κ3) is 3.44. The topological polar surface area (TPSA) is 53.3 Å². The molecule has 0 aromatic heterocycles. The van der Waals surface area contributed by atoms with E-state index in [-0.39, 0.29) is 5.91 Å². The molecular weight excluding hydrogens is 276 g/mol. The first-order chi connectivity index (χ1) is 10.5. The summed E-state index contributed by atoms with van der Waals surface area (Å²) in [7, 11) is 3.37. The minimum atomic E-state index is -0.0898. The number of carbonyl (C=O) groups excluding carboxylic acids is 1. The van der Waals surface area contributed by atoms with Crippen LogP contribution in [0.4, 0.5) is 0 Å². The van der Waals surface area contributed by atoms with Crippen molar-refractivity contribution in [3.63, 3.8) is 0 Å². The molecule has 0 bridgehead atoms. The summed E-state index contributed by atoms with van der Waals surface area (Å²) in [6, 6.07) is 14.6. The number of amides is 1. The average molecular weight is 294 g/mol. The van der Waals surface area contributed by atoms with Gasteiger partial charge in [-0.25, -0.2) is 0 Å². The molecule has 0 aliphatic rings. The molecular formula is C18H18N2O2. The van der Waals surface area contributed by atoms with E-state index in [1.165, 1.54) is 0 Å². The predicted octanol–water partition coefficient (Wildman–Crippen LogP) is 3.15. The second-order valence-corrected chi connectivity index (χ2v) is 5.17. The summed E-state index contributed by atoms with van der Waals surface area (Å²) >= 11 is 0. The Morgan fingerprint density at radius 2 is 1.91 bits per heavy atom. The number of rotatable bonds is 4. The highest BCUT2D eigenvalue weighted by Crippen LogP contribution is 2.21. The van der Waals surface area contributed by atoms with Crippen LogP contribution < -0.4 is 4.74 Å². The Morgan fingerprint density at radius 1 is 1.23 bits per heavy atom. The van der Waals surface area contributed by atoms with Crippen molar-refractivity contribution in [3.8, 4) is 11.8 Å². The van der Waals surface area contributed by atoms with Gasteiger partial charge < -0.3 is 9.64 Å². The fourth-order valence-electron chi connectivity index (χ4n) is 2.27. The van der Waals surface area contributed by atoms with Crippen molar-refractivity contribution >= 4 is 5.91 Å². The van der Waals surface area contributed by atoms with Crippen molar-refractivity contribution in [2.75, 3.05) is 14.2 Å². The first-order valence-electron chi connectivity index (χ1n) is 6.94. The van der Waals surface area contributed by atoms with Gasteiger partial charge in [-0.15, -0.1) is 0 Å². The zero-order valence-electron chi connectivity index (χ0n) is 13.0. The zero-order chi connectivity index (χ0) is 16.1. The lowest BCUT2D eigenvalue weighted by Gasteiger charge is -2.19. The number of aryl methyl sites for hydroxylation is 1. The van der Waals surface area contributed by atoms with Crippen molar-refractivity contribution in [1.29, 1.82) is 5.26 Å². The molecule has 0 heterocycles. The Labute approximate surface area is 130 Å². The molecule has 0 unspecified atom stereocenters. The molecule has 0 N–H and O–H groups in total. The number of methoxy groups -OCH3 is 1. The fourth-order valence-corrected chi connectivity index (χ4v) is 2.27. The van der Waals surface area contributed by atoms with E-state index in [2.05, 4.69) is 0 Å². The molecule has 2 aromatic carbocycles. The highest BCUT2D eigenvalue weighted by molar-refractivity contribution is 5.94. The van der Waals surface area contributed by atoms with E-state index in [1.807, 2.05) is 31.2 Å². The number of ether oxygens (including phenoxy) is 1. The Hall–Kier alpha value is -2.80. The molecule has 0 saturated carbocycles. The minimum Gasteiger partial charge on any atom is -0.496 e. The molecule has 4 heteroatoms. The summed E-state index contributed by atoms with van der Waals surface area (Å²) in [6.07, 6.45) is 0. The first kappa shape index (κ1) is 15.6. The molecule has 1 amide bonds. The smallest absolute Gasteiger partial charge is 0.253 e. The Kier molecular flexibility index (Phi) is 4.80. The molecule has 0 radical (unpaired) electrons. The Bertz CT molecular complexity index is 715. The highest BCUT2D eigenvalue weighted by atomic mass is 16.5. The van der Waals surface area contributed by atoms with Crippen LogP contribution in [0.2, 0.25) is 0 Å². The van der Waals surface area contributed by atoms with Gasteiger partial charge in [0, 0.05) is 24.7 Å². The van der Waals surface area contributed by atoms with Crippen LogP contribution in [-0.4, -0.2) is 25.0 Å². The molecule has 4 nitrogen and oxygen atoms in total. The standard InChI is InChI=1S/C18H18N2O2/c1-13-4-9-17(22-3)16(10-13)12-20(2)18(21)15-7-5-14(11-19)6-8-15/h4-10H,12H2,1-3H3. The van der Waals surface area contributed by atoms with Crippen LogP contribution in [0.25, 0.3) is 0 Å². The molecule has 0 saturated heterocycles. The maximum Gasteiger partial charge on any atom is 0.253 e. The average Bonchev–Trinajstić information content (AvgIpc) is 2.54. The lowest BCUT2D eigenvalue weighted by molar-refractivity contribution is 0.0784. The summed E-state index contributed by atoms with van der Waals surface area (Å²) < 4.78 is 5.34. The second-order valence-electron chi connectivity index (χ2n) is 5.17. The highest BCUT2D eigenvalue weighted by Gasteiger charge is 2.14. The van der Waals surface area contributed by atoms with Gasteiger partial charge in [0.15, 0.2) is 0 Å². The summed E-state index contributed by atoms with van der Waals surface area (Å²) in [5, 5.41) is 8.80. The van der Waals surface area contributed by atoms with E-state index in [0.717, 1.165) is 16.9 Å². The number of hydrogen-bond donors (Lipinski definition) is 0. The van der Waals surface area contributed by atoms with Gasteiger partial charge in [-0.1, -0.05) is 17.7 Å². The summed E-state index contributed by atoms with van der Waals surface area (Å²) in [6.45, 7) is 2.47. The number of nitrogens with zero attached hydrogens (tertiary/aromatic N) is 2. The molecule has 0 fully saturated rings. The lowest BCUT2D eigenvalue weighted by atomic mass is 10.1. The SMILES string of the molecule is COc1ccc(C)cc1CN(C)C(=O)c1ccc(C#N)cc1. The first-order valence-corrected chi connectivity index (χ1v) is 6.94. The molecule has 0 aliphatic carbocycles. The van der Waals surface area contributed by atoms with Crippen molar-refractivity contribution < 1.29 is 9.53 Å². The van der Waals surface area contributed by atoms with Crippen LogP contribution in [0, 0.1) is 18.3 Å². The Morgan fingerprint density at radius 3 is 2.50 bits per heavy atom. The van der Waals surface area contributed by atoms with E-state index < -0.39 is 0 Å². The molecule has 0 spiro atoms. The van der Waals surface area contributed by atoms with Gasteiger partial charge >= 0.3 is 0 Å². The van der Waals surface area contributed by atoms with Gasteiger partial charge in [-0.3, -0.25) is 4.79 Å². The summed E-state index contributed by atoms with van der Waals surface area (Å²) in [5.74, 6) is 0.679. The maximum atomic E-state index is 12.4. The monoisotopic (exact) mass is 294 g/mol. The van der Waals surface area contributed by atoms with Crippen molar-refractivity contribution in [2.24, 2.45) is 0 Å². The van der Waals surface area contributed by atoms with E-state index in [9.17, 15) is 4.79 Å². The summed E-state index contributed by atoms with van der Waals surface area (Å²) in [5.41, 5.74) is 3.19. The maximum absolute atomic E-state index is 12.4. The summed E-state index contributed by atoms with van der Waals surface area (Å²) in [4.78, 5) is 14.1. The second kappa shape index (κ2) is 6.77. The zero-order valence-corrected chi connectivity index (χ0v) is 13.0. The number of benzene rings is 2. The molecule has 0 aliphatic heterocycles. The van der Waals surface area contributed by atoms with Gasteiger partial charge in [0.1, 0.15) is 5.75 Å². The number of carbonyl (C=O) groups is 1. The van der Waals surface area contributed by atoms with Crippen molar-refractivity contribution in [1.82, 2.24) is 4.90 Å². The third-order valence-electron chi connectivity index (χ3n) is 3.45. The molecule has 112 valence electrons. The molecule has 0 atom stereocenters. The van der Waals surface area contributed by atoms with Gasteiger partial charge in [0.2, 0.25) is 0 Å². The van der Waals surface area contributed by atoms with Crippen molar-refractivity contribution in [2.45, 2.75) is 13.5 Å². The Balaban J connectivity index is 2.17. The number of nitriles is 1. The normalized spacial score (nSPS) is 9.91. The van der Waals surface area contributed by atoms with Crippen LogP contribution in [0.3, 0.4) is 0 Å². The third-order valence-corrected chi connectivity index (χ3v) is 3.45. The predicted molar refractivity (Wildman–Crippen MR) is 84.7 cm³/mol. The lowest BCUT2D eigenvalue weighted by Crippen LogP contribution is -2.26. The van der Waals surface area contributed by atoms with E-state index in [1.54, 1.807) is 43.3 Å².